The fraction of sp³-hybridized carbons (Fsp3) is 0.350. The van der Waals surface area contributed by atoms with Gasteiger partial charge in [-0.25, -0.2) is 0 Å². The molecule has 0 spiro atoms. The van der Waals surface area contributed by atoms with E-state index in [0.717, 1.165) is 33.0 Å². The summed E-state index contributed by atoms with van der Waals surface area (Å²) >= 11 is 6.20. The first kappa shape index (κ1) is 20.1. The van der Waals surface area contributed by atoms with E-state index in [1.165, 1.54) is 7.11 Å². The standard InChI is InChI=1S/C20H24ClNO4/c1-12-7-16(8-13(2)19(12)21)26-11-15-9-14(5-6-18(15)24-3)10-17(22)20(23)25-4/h5-9,17H,10-11,22H2,1-4H3. The third kappa shape index (κ3) is 4.90. The zero-order chi connectivity index (χ0) is 19.3. The Kier molecular flexibility index (Phi) is 6.89. The highest BCUT2D eigenvalue weighted by atomic mass is 35.5. The van der Waals surface area contributed by atoms with Crippen molar-refractivity contribution in [2.75, 3.05) is 14.2 Å². The molecule has 5 nitrogen and oxygen atoms in total. The molecule has 0 heterocycles. The average molecular weight is 378 g/mol. The van der Waals surface area contributed by atoms with Crippen LogP contribution in [0.5, 0.6) is 11.5 Å². The van der Waals surface area contributed by atoms with Crippen molar-refractivity contribution in [1.29, 1.82) is 0 Å². The summed E-state index contributed by atoms with van der Waals surface area (Å²) in [5, 5.41) is 0.744. The summed E-state index contributed by atoms with van der Waals surface area (Å²) in [7, 11) is 2.93. The number of benzene rings is 2. The number of ether oxygens (including phenoxy) is 3. The molecule has 1 atom stereocenters. The van der Waals surface area contributed by atoms with Gasteiger partial charge < -0.3 is 19.9 Å². The Morgan fingerprint density at radius 2 is 1.81 bits per heavy atom. The first-order chi connectivity index (χ1) is 12.3. The minimum Gasteiger partial charge on any atom is -0.496 e. The molecule has 2 rings (SSSR count). The molecule has 0 amide bonds. The molecule has 0 aromatic heterocycles. The molecule has 0 radical (unpaired) electrons. The van der Waals surface area contributed by atoms with Crippen LogP contribution >= 0.6 is 11.6 Å². The summed E-state index contributed by atoms with van der Waals surface area (Å²) in [6.45, 7) is 4.21. The molecule has 2 aromatic rings. The van der Waals surface area contributed by atoms with Crippen molar-refractivity contribution in [2.45, 2.75) is 32.9 Å². The Morgan fingerprint density at radius 3 is 2.38 bits per heavy atom. The van der Waals surface area contributed by atoms with Crippen molar-refractivity contribution < 1.29 is 19.0 Å². The second-order valence-corrected chi connectivity index (χ2v) is 6.52. The van der Waals surface area contributed by atoms with Crippen molar-refractivity contribution in [2.24, 2.45) is 5.73 Å². The first-order valence-corrected chi connectivity index (χ1v) is 8.62. The Hall–Kier alpha value is -2.24. The minimum absolute atomic E-state index is 0.324. The Balaban J connectivity index is 2.17. The molecule has 0 bridgehead atoms. The number of nitrogens with two attached hydrogens (primary N) is 1. The van der Waals surface area contributed by atoms with Crippen LogP contribution in [0.1, 0.15) is 22.3 Å². The van der Waals surface area contributed by atoms with Crippen LogP contribution in [0.2, 0.25) is 5.02 Å². The summed E-state index contributed by atoms with van der Waals surface area (Å²) in [6.07, 6.45) is 0.378. The third-order valence-electron chi connectivity index (χ3n) is 4.11. The predicted octanol–water partition coefficient (Wildman–Crippen LogP) is 3.59. The fourth-order valence-corrected chi connectivity index (χ4v) is 2.82. The number of halogens is 1. The summed E-state index contributed by atoms with van der Waals surface area (Å²) < 4.78 is 16.0. The van der Waals surface area contributed by atoms with Crippen LogP contribution in [-0.2, 0) is 22.6 Å². The number of carbonyl (C=O) groups excluding carboxylic acids is 1. The summed E-state index contributed by atoms with van der Waals surface area (Å²) in [6, 6.07) is 8.75. The van der Waals surface area contributed by atoms with E-state index in [2.05, 4.69) is 4.74 Å². The zero-order valence-electron chi connectivity index (χ0n) is 15.5. The highest BCUT2D eigenvalue weighted by Crippen LogP contribution is 2.28. The fourth-order valence-electron chi connectivity index (χ4n) is 2.71. The van der Waals surface area contributed by atoms with Gasteiger partial charge in [-0.05, 0) is 61.2 Å². The van der Waals surface area contributed by atoms with Gasteiger partial charge in [-0.2, -0.15) is 0 Å². The molecule has 26 heavy (non-hydrogen) atoms. The van der Waals surface area contributed by atoms with Crippen molar-refractivity contribution in [3.8, 4) is 11.5 Å². The molecule has 140 valence electrons. The van der Waals surface area contributed by atoms with Gasteiger partial charge in [0.05, 0.1) is 14.2 Å². The molecule has 0 saturated carbocycles. The van der Waals surface area contributed by atoms with Crippen LogP contribution in [0.15, 0.2) is 30.3 Å². The summed E-state index contributed by atoms with van der Waals surface area (Å²) in [5.74, 6) is 1.01. The van der Waals surface area contributed by atoms with Gasteiger partial charge in [-0.15, -0.1) is 0 Å². The number of hydrogen-bond donors (Lipinski definition) is 1. The third-order valence-corrected chi connectivity index (χ3v) is 4.70. The van der Waals surface area contributed by atoms with Gasteiger partial charge in [0.15, 0.2) is 0 Å². The van der Waals surface area contributed by atoms with E-state index >= 15 is 0 Å². The van der Waals surface area contributed by atoms with Gasteiger partial charge >= 0.3 is 5.97 Å². The maximum absolute atomic E-state index is 11.5. The Bertz CT molecular complexity index is 768. The molecule has 2 aromatic carbocycles. The van der Waals surface area contributed by atoms with Gasteiger partial charge in [0.1, 0.15) is 24.1 Å². The van der Waals surface area contributed by atoms with Crippen LogP contribution < -0.4 is 15.2 Å². The zero-order valence-corrected chi connectivity index (χ0v) is 16.2. The molecule has 2 N–H and O–H groups in total. The molecule has 0 aliphatic heterocycles. The lowest BCUT2D eigenvalue weighted by Crippen LogP contribution is -2.33. The topological polar surface area (TPSA) is 70.8 Å². The number of hydrogen-bond acceptors (Lipinski definition) is 5. The van der Waals surface area contributed by atoms with Gasteiger partial charge in [0, 0.05) is 10.6 Å². The number of rotatable bonds is 7. The van der Waals surface area contributed by atoms with Crippen molar-refractivity contribution in [3.05, 3.63) is 57.6 Å². The first-order valence-electron chi connectivity index (χ1n) is 8.24. The number of esters is 1. The van der Waals surface area contributed by atoms with Crippen molar-refractivity contribution in [1.82, 2.24) is 0 Å². The molecular weight excluding hydrogens is 354 g/mol. The molecule has 1 unspecified atom stereocenters. The molecule has 6 heteroatoms. The second kappa shape index (κ2) is 8.92. The van der Waals surface area contributed by atoms with Gasteiger partial charge in [0.2, 0.25) is 0 Å². The highest BCUT2D eigenvalue weighted by Gasteiger charge is 2.15. The SMILES string of the molecule is COC(=O)C(N)Cc1ccc(OC)c(COc2cc(C)c(Cl)c(C)c2)c1. The van der Waals surface area contributed by atoms with Crippen LogP contribution in [-0.4, -0.2) is 26.2 Å². The number of methoxy groups -OCH3 is 2. The summed E-state index contributed by atoms with van der Waals surface area (Å²) in [5.41, 5.74) is 9.55. The quantitative estimate of drug-likeness (QED) is 0.746. The van der Waals surface area contributed by atoms with Crippen LogP contribution in [0, 0.1) is 13.8 Å². The Labute approximate surface area is 159 Å². The number of aryl methyl sites for hydroxylation is 2. The number of carbonyl (C=O) groups is 1. The molecule has 0 aliphatic carbocycles. The van der Waals surface area contributed by atoms with Crippen LogP contribution in [0.3, 0.4) is 0 Å². The van der Waals surface area contributed by atoms with E-state index in [-0.39, 0.29) is 0 Å². The molecule has 0 aliphatic rings. The van der Waals surface area contributed by atoms with Gasteiger partial charge in [-0.3, -0.25) is 4.79 Å². The van der Waals surface area contributed by atoms with Crippen LogP contribution in [0.25, 0.3) is 0 Å². The van der Waals surface area contributed by atoms with Crippen LogP contribution in [0.4, 0.5) is 0 Å². The maximum Gasteiger partial charge on any atom is 0.322 e. The van der Waals surface area contributed by atoms with Gasteiger partial charge in [0.25, 0.3) is 0 Å². The Morgan fingerprint density at radius 1 is 1.15 bits per heavy atom. The maximum atomic E-state index is 11.5. The summed E-state index contributed by atoms with van der Waals surface area (Å²) in [4.78, 5) is 11.5. The van der Waals surface area contributed by atoms with E-state index in [4.69, 9.17) is 26.8 Å². The lowest BCUT2D eigenvalue weighted by molar-refractivity contribution is -0.142. The molecule has 0 saturated heterocycles. The monoisotopic (exact) mass is 377 g/mol. The van der Waals surface area contributed by atoms with E-state index in [1.807, 2.05) is 44.2 Å². The van der Waals surface area contributed by atoms with E-state index in [9.17, 15) is 4.79 Å². The average Bonchev–Trinajstić information content (AvgIpc) is 2.63. The van der Waals surface area contributed by atoms with E-state index in [0.29, 0.717) is 18.8 Å². The van der Waals surface area contributed by atoms with Crippen molar-refractivity contribution >= 4 is 17.6 Å². The van der Waals surface area contributed by atoms with E-state index in [1.54, 1.807) is 7.11 Å². The largest absolute Gasteiger partial charge is 0.496 e. The minimum atomic E-state index is -0.705. The lowest BCUT2D eigenvalue weighted by Gasteiger charge is -2.15. The second-order valence-electron chi connectivity index (χ2n) is 6.14. The lowest BCUT2D eigenvalue weighted by atomic mass is 10.0. The smallest absolute Gasteiger partial charge is 0.322 e. The van der Waals surface area contributed by atoms with E-state index < -0.39 is 12.0 Å². The highest BCUT2D eigenvalue weighted by molar-refractivity contribution is 6.32. The molecular formula is C20H24ClNO4. The van der Waals surface area contributed by atoms with Crippen molar-refractivity contribution in [3.63, 3.8) is 0 Å². The predicted molar refractivity (Wildman–Crippen MR) is 102 cm³/mol. The van der Waals surface area contributed by atoms with Gasteiger partial charge in [-0.1, -0.05) is 17.7 Å². The normalized spacial score (nSPS) is 11.8. The molecule has 0 fully saturated rings.